The summed E-state index contributed by atoms with van der Waals surface area (Å²) in [6.07, 6.45) is 0. The van der Waals surface area contributed by atoms with Crippen molar-refractivity contribution in [2.45, 2.75) is 27.3 Å². The smallest absolute Gasteiger partial charge is 0.296 e. The molecule has 7 nitrogen and oxygen atoms in total. The fourth-order valence-corrected chi connectivity index (χ4v) is 4.08. The van der Waals surface area contributed by atoms with Crippen LogP contribution in [0.5, 0.6) is 0 Å². The molecule has 170 valence electrons. The molecule has 0 saturated carbocycles. The monoisotopic (exact) mass is 471 g/mol. The Morgan fingerprint density at radius 3 is 2.41 bits per heavy atom. The van der Waals surface area contributed by atoms with Gasteiger partial charge >= 0.3 is 0 Å². The van der Waals surface area contributed by atoms with Crippen LogP contribution in [0.1, 0.15) is 32.9 Å². The summed E-state index contributed by atoms with van der Waals surface area (Å²) in [5, 5.41) is 7.90. The molecule has 8 heteroatoms. The molecular formula is C26H22ClN5O2. The van der Waals surface area contributed by atoms with Crippen LogP contribution in [0.25, 0.3) is 16.7 Å². The molecule has 2 heterocycles. The summed E-state index contributed by atoms with van der Waals surface area (Å²) in [7, 11) is 0. The van der Waals surface area contributed by atoms with Gasteiger partial charge in [0.25, 0.3) is 11.5 Å². The Balaban J connectivity index is 1.64. The van der Waals surface area contributed by atoms with Crippen LogP contribution in [0.4, 0.5) is 5.69 Å². The first kappa shape index (κ1) is 21.9. The third-order valence-corrected chi connectivity index (χ3v) is 6.04. The lowest BCUT2D eigenvalue weighted by atomic mass is 10.1. The van der Waals surface area contributed by atoms with E-state index in [2.05, 4.69) is 15.4 Å². The Morgan fingerprint density at radius 2 is 1.65 bits per heavy atom. The van der Waals surface area contributed by atoms with Crippen LogP contribution in [-0.4, -0.2) is 25.1 Å². The van der Waals surface area contributed by atoms with Gasteiger partial charge in [-0.25, -0.2) is 4.52 Å². The molecule has 5 rings (SSSR count). The van der Waals surface area contributed by atoms with E-state index in [9.17, 15) is 9.59 Å². The predicted molar refractivity (Wildman–Crippen MR) is 134 cm³/mol. The molecule has 3 aromatic carbocycles. The number of nitrogens with one attached hydrogen (secondary N) is 1. The van der Waals surface area contributed by atoms with E-state index in [0.29, 0.717) is 28.3 Å². The third kappa shape index (κ3) is 3.95. The molecule has 0 aliphatic rings. The molecule has 0 aliphatic heterocycles. The summed E-state index contributed by atoms with van der Waals surface area (Å²) in [6, 6.07) is 18.9. The third-order valence-electron chi connectivity index (χ3n) is 5.79. The first-order chi connectivity index (χ1) is 16.3. The summed E-state index contributed by atoms with van der Waals surface area (Å²) >= 11 is 6.02. The summed E-state index contributed by atoms with van der Waals surface area (Å²) in [6.45, 7) is 6.17. The fraction of sp³-hybridized carbons (Fsp3) is 0.154. The van der Waals surface area contributed by atoms with Crippen LogP contribution in [0.3, 0.4) is 0 Å². The SMILES string of the molecule is Cc1ccc(C)c(NC(=O)c2nc3c(=O)n(Cc4ccc(Cl)cc4)c4cc(C)ccc4n3n2)c1. The maximum atomic E-state index is 13.5. The number of benzene rings is 3. The predicted octanol–water partition coefficient (Wildman–Crippen LogP) is 4.92. The zero-order chi connectivity index (χ0) is 24.0. The molecule has 1 N–H and O–H groups in total. The van der Waals surface area contributed by atoms with Gasteiger partial charge in [0.2, 0.25) is 11.5 Å². The lowest BCUT2D eigenvalue weighted by Crippen LogP contribution is -2.24. The molecule has 1 amide bonds. The van der Waals surface area contributed by atoms with Gasteiger partial charge in [-0.15, -0.1) is 5.10 Å². The zero-order valence-electron chi connectivity index (χ0n) is 19.0. The van der Waals surface area contributed by atoms with Gasteiger partial charge in [-0.2, -0.15) is 4.98 Å². The molecule has 2 aromatic heterocycles. The number of fused-ring (bicyclic) bond motifs is 3. The topological polar surface area (TPSA) is 81.3 Å². The van der Waals surface area contributed by atoms with Crippen molar-refractivity contribution >= 4 is 39.9 Å². The molecular weight excluding hydrogens is 450 g/mol. The molecule has 5 aromatic rings. The van der Waals surface area contributed by atoms with E-state index in [1.807, 2.05) is 69.3 Å². The number of hydrogen-bond donors (Lipinski definition) is 1. The summed E-state index contributed by atoms with van der Waals surface area (Å²) in [4.78, 5) is 30.8. The highest BCUT2D eigenvalue weighted by molar-refractivity contribution is 6.30. The van der Waals surface area contributed by atoms with Crippen LogP contribution < -0.4 is 10.9 Å². The number of halogens is 1. The van der Waals surface area contributed by atoms with E-state index in [4.69, 9.17) is 11.6 Å². The Bertz CT molecular complexity index is 1630. The van der Waals surface area contributed by atoms with Crippen LogP contribution in [0.2, 0.25) is 5.02 Å². The van der Waals surface area contributed by atoms with E-state index in [1.165, 1.54) is 4.52 Å². The standard InChI is InChI=1S/C26H22ClN5O2/c1-15-4-6-17(3)20(12-15)28-25(33)23-29-24-26(34)31(14-18-7-9-19(27)10-8-18)22-13-16(2)5-11-21(22)32(24)30-23/h4-13H,14H2,1-3H3,(H,28,33). The number of aromatic nitrogens is 4. The number of anilines is 1. The van der Waals surface area contributed by atoms with E-state index in [1.54, 1.807) is 16.7 Å². The number of carbonyl (C=O) groups excluding carboxylic acids is 1. The molecule has 0 saturated heterocycles. The normalized spacial score (nSPS) is 11.3. The summed E-state index contributed by atoms with van der Waals surface area (Å²) < 4.78 is 3.11. The lowest BCUT2D eigenvalue weighted by Gasteiger charge is -2.12. The van der Waals surface area contributed by atoms with Gasteiger partial charge < -0.3 is 5.32 Å². The number of hydrogen-bond acceptors (Lipinski definition) is 4. The Labute approximate surface area is 200 Å². The van der Waals surface area contributed by atoms with Crippen molar-refractivity contribution in [3.8, 4) is 0 Å². The number of carbonyl (C=O) groups is 1. The van der Waals surface area contributed by atoms with E-state index in [0.717, 1.165) is 22.3 Å². The van der Waals surface area contributed by atoms with Crippen molar-refractivity contribution < 1.29 is 4.79 Å². The number of nitrogens with zero attached hydrogens (tertiary/aromatic N) is 4. The lowest BCUT2D eigenvalue weighted by molar-refractivity contribution is 0.101. The van der Waals surface area contributed by atoms with Gasteiger partial charge in [-0.05, 0) is 73.4 Å². The van der Waals surface area contributed by atoms with E-state index < -0.39 is 5.91 Å². The molecule has 0 radical (unpaired) electrons. The molecule has 0 atom stereocenters. The molecule has 0 fully saturated rings. The van der Waals surface area contributed by atoms with Gasteiger partial charge in [0.1, 0.15) is 0 Å². The Hall–Kier alpha value is -3.97. The molecule has 0 aliphatic carbocycles. The minimum Gasteiger partial charge on any atom is -0.319 e. The quantitative estimate of drug-likeness (QED) is 0.403. The van der Waals surface area contributed by atoms with Gasteiger partial charge in [0.15, 0.2) is 0 Å². The average molecular weight is 472 g/mol. The molecule has 0 spiro atoms. The maximum Gasteiger partial charge on any atom is 0.296 e. The largest absolute Gasteiger partial charge is 0.319 e. The van der Waals surface area contributed by atoms with Gasteiger partial charge in [-0.3, -0.25) is 14.2 Å². The molecule has 34 heavy (non-hydrogen) atoms. The average Bonchev–Trinajstić information content (AvgIpc) is 3.26. The van der Waals surface area contributed by atoms with Crippen LogP contribution in [0, 0.1) is 20.8 Å². The van der Waals surface area contributed by atoms with Crippen molar-refractivity contribution in [2.75, 3.05) is 5.32 Å². The zero-order valence-corrected chi connectivity index (χ0v) is 19.7. The number of aryl methyl sites for hydroxylation is 3. The van der Waals surface area contributed by atoms with Crippen molar-refractivity contribution in [3.63, 3.8) is 0 Å². The van der Waals surface area contributed by atoms with Gasteiger partial charge in [0.05, 0.1) is 17.6 Å². The van der Waals surface area contributed by atoms with Crippen LogP contribution in [0.15, 0.2) is 65.5 Å². The van der Waals surface area contributed by atoms with E-state index in [-0.39, 0.29) is 17.0 Å². The summed E-state index contributed by atoms with van der Waals surface area (Å²) in [5.41, 5.74) is 5.72. The maximum absolute atomic E-state index is 13.5. The minimum absolute atomic E-state index is 0.0656. The highest BCUT2D eigenvalue weighted by Gasteiger charge is 2.20. The van der Waals surface area contributed by atoms with Gasteiger partial charge in [0, 0.05) is 10.7 Å². The minimum atomic E-state index is -0.471. The molecule has 0 bridgehead atoms. The highest BCUT2D eigenvalue weighted by atomic mass is 35.5. The van der Waals surface area contributed by atoms with Gasteiger partial charge in [-0.1, -0.05) is 41.9 Å². The fourth-order valence-electron chi connectivity index (χ4n) is 3.95. The second-order valence-electron chi connectivity index (χ2n) is 8.45. The van der Waals surface area contributed by atoms with Crippen molar-refractivity contribution in [1.82, 2.24) is 19.2 Å². The van der Waals surface area contributed by atoms with Crippen molar-refractivity contribution in [1.29, 1.82) is 0 Å². The highest BCUT2D eigenvalue weighted by Crippen LogP contribution is 2.20. The Morgan fingerprint density at radius 1 is 0.941 bits per heavy atom. The van der Waals surface area contributed by atoms with Crippen LogP contribution >= 0.6 is 11.6 Å². The van der Waals surface area contributed by atoms with Crippen molar-refractivity contribution in [2.24, 2.45) is 0 Å². The second-order valence-corrected chi connectivity index (χ2v) is 8.89. The second kappa shape index (κ2) is 8.43. The number of amides is 1. The van der Waals surface area contributed by atoms with Crippen molar-refractivity contribution in [3.05, 3.63) is 104 Å². The van der Waals surface area contributed by atoms with E-state index >= 15 is 0 Å². The first-order valence-corrected chi connectivity index (χ1v) is 11.2. The first-order valence-electron chi connectivity index (χ1n) is 10.8. The number of rotatable bonds is 4. The summed E-state index contributed by atoms with van der Waals surface area (Å²) in [5.74, 6) is -0.537. The Kier molecular flexibility index (Phi) is 5.42. The van der Waals surface area contributed by atoms with Crippen LogP contribution in [-0.2, 0) is 6.54 Å². The molecule has 0 unspecified atom stereocenters.